The van der Waals surface area contributed by atoms with Crippen LogP contribution in [-0.4, -0.2) is 0 Å². The van der Waals surface area contributed by atoms with Gasteiger partial charge in [0.15, 0.2) is 0 Å². The Hall–Kier alpha value is -0.780. The predicted octanol–water partition coefficient (Wildman–Crippen LogP) is 5.40. The molecule has 3 rings (SSSR count). The fourth-order valence-electron chi connectivity index (χ4n) is 5.02. The molecule has 0 saturated heterocycles. The number of fused-ring (bicyclic) bond motifs is 1. The van der Waals surface area contributed by atoms with Gasteiger partial charge in [0.25, 0.3) is 0 Å². The van der Waals surface area contributed by atoms with Crippen LogP contribution in [0.4, 0.5) is 0 Å². The first kappa shape index (κ1) is 13.2. The summed E-state index contributed by atoms with van der Waals surface area (Å²) in [5.74, 6) is 1.94. The highest BCUT2D eigenvalue weighted by Crippen LogP contribution is 2.52. The van der Waals surface area contributed by atoms with Crippen molar-refractivity contribution in [3.63, 3.8) is 0 Å². The van der Waals surface area contributed by atoms with Crippen LogP contribution in [-0.2, 0) is 12.8 Å². The first-order chi connectivity index (χ1) is 9.23. The maximum absolute atomic E-state index is 2.58. The summed E-state index contributed by atoms with van der Waals surface area (Å²) in [5, 5.41) is 0. The molecule has 0 heterocycles. The molecule has 1 aromatic carbocycles. The zero-order valence-corrected chi connectivity index (χ0v) is 12.6. The van der Waals surface area contributed by atoms with Gasteiger partial charge in [-0.05, 0) is 66.9 Å². The van der Waals surface area contributed by atoms with E-state index >= 15 is 0 Å². The highest BCUT2D eigenvalue weighted by atomic mass is 14.5. The number of hydrogen-bond donors (Lipinski definition) is 0. The molecule has 3 atom stereocenters. The Morgan fingerprint density at radius 2 is 1.95 bits per heavy atom. The Bertz CT molecular complexity index is 433. The average molecular weight is 256 g/mol. The monoisotopic (exact) mass is 256 g/mol. The summed E-state index contributed by atoms with van der Waals surface area (Å²) >= 11 is 0. The van der Waals surface area contributed by atoms with E-state index in [0.29, 0.717) is 5.41 Å². The summed E-state index contributed by atoms with van der Waals surface area (Å²) in [4.78, 5) is 0. The van der Waals surface area contributed by atoms with E-state index in [1.807, 2.05) is 0 Å². The minimum Gasteiger partial charge on any atom is -0.0654 e. The van der Waals surface area contributed by atoms with Gasteiger partial charge >= 0.3 is 0 Å². The molecule has 1 saturated carbocycles. The van der Waals surface area contributed by atoms with Crippen molar-refractivity contribution in [3.05, 3.63) is 35.4 Å². The molecule has 1 fully saturated rings. The fraction of sp³-hybridized carbons (Fsp3) is 0.684. The van der Waals surface area contributed by atoms with E-state index in [9.17, 15) is 0 Å². The minimum atomic E-state index is 0.645. The van der Waals surface area contributed by atoms with Crippen LogP contribution in [0.15, 0.2) is 24.3 Å². The van der Waals surface area contributed by atoms with Gasteiger partial charge in [0, 0.05) is 0 Å². The average Bonchev–Trinajstić information content (AvgIpc) is 2.80. The summed E-state index contributed by atoms with van der Waals surface area (Å²) in [6.45, 7) is 4.94. The van der Waals surface area contributed by atoms with Crippen LogP contribution >= 0.6 is 0 Å². The molecule has 3 unspecified atom stereocenters. The standard InChI is InChI=1S/C19H28/c1-3-12-19(2)13-6-9-18(19)17-11-10-15-7-4-5-8-16(15)14-17/h4-5,7-8,17-18H,3,6,9-14H2,1-2H3. The van der Waals surface area contributed by atoms with Gasteiger partial charge in [0.1, 0.15) is 0 Å². The topological polar surface area (TPSA) is 0 Å². The molecule has 0 bridgehead atoms. The Kier molecular flexibility index (Phi) is 3.69. The zero-order valence-electron chi connectivity index (χ0n) is 12.6. The van der Waals surface area contributed by atoms with Gasteiger partial charge in [0.05, 0.1) is 0 Å². The second kappa shape index (κ2) is 5.31. The maximum atomic E-state index is 2.58. The molecule has 0 radical (unpaired) electrons. The Labute approximate surface area is 118 Å². The van der Waals surface area contributed by atoms with Crippen molar-refractivity contribution in [2.24, 2.45) is 17.3 Å². The number of benzene rings is 1. The van der Waals surface area contributed by atoms with Crippen LogP contribution in [0, 0.1) is 17.3 Å². The zero-order chi connectivity index (χ0) is 13.3. The maximum Gasteiger partial charge on any atom is -0.0245 e. The summed E-state index contributed by atoms with van der Waals surface area (Å²) in [7, 11) is 0. The Morgan fingerprint density at radius 1 is 1.16 bits per heavy atom. The molecule has 1 aromatic rings. The summed E-state index contributed by atoms with van der Waals surface area (Å²) in [6, 6.07) is 9.13. The molecule has 0 aromatic heterocycles. The van der Waals surface area contributed by atoms with E-state index in [2.05, 4.69) is 38.1 Å². The van der Waals surface area contributed by atoms with Gasteiger partial charge in [-0.2, -0.15) is 0 Å². The van der Waals surface area contributed by atoms with Crippen LogP contribution in [0.25, 0.3) is 0 Å². The number of aryl methyl sites for hydroxylation is 1. The van der Waals surface area contributed by atoms with Gasteiger partial charge in [-0.25, -0.2) is 0 Å². The highest BCUT2D eigenvalue weighted by molar-refractivity contribution is 5.30. The molecule has 2 aliphatic carbocycles. The molecular formula is C19H28. The van der Waals surface area contributed by atoms with E-state index in [0.717, 1.165) is 11.8 Å². The normalized spacial score (nSPS) is 34.2. The van der Waals surface area contributed by atoms with Crippen molar-refractivity contribution in [1.82, 2.24) is 0 Å². The second-order valence-electron chi connectivity index (χ2n) is 7.17. The molecule has 2 aliphatic rings. The van der Waals surface area contributed by atoms with Crippen molar-refractivity contribution < 1.29 is 0 Å². The molecule has 0 aliphatic heterocycles. The molecule has 0 amide bonds. The van der Waals surface area contributed by atoms with E-state index in [1.54, 1.807) is 11.1 Å². The van der Waals surface area contributed by atoms with Gasteiger partial charge in [-0.3, -0.25) is 0 Å². The SMILES string of the molecule is CCCC1(C)CCCC1C1CCc2ccccc2C1. The first-order valence-corrected chi connectivity index (χ1v) is 8.30. The smallest absolute Gasteiger partial charge is 0.0245 e. The van der Waals surface area contributed by atoms with Crippen molar-refractivity contribution >= 4 is 0 Å². The quantitative estimate of drug-likeness (QED) is 0.679. The molecule has 19 heavy (non-hydrogen) atoms. The van der Waals surface area contributed by atoms with Crippen LogP contribution in [0.1, 0.15) is 63.5 Å². The van der Waals surface area contributed by atoms with Gasteiger partial charge in [-0.15, -0.1) is 0 Å². The molecule has 0 N–H and O–H groups in total. The van der Waals surface area contributed by atoms with Crippen molar-refractivity contribution in [3.8, 4) is 0 Å². The van der Waals surface area contributed by atoms with Crippen molar-refractivity contribution in [1.29, 1.82) is 0 Å². The predicted molar refractivity (Wildman–Crippen MR) is 82.3 cm³/mol. The van der Waals surface area contributed by atoms with E-state index in [4.69, 9.17) is 0 Å². The van der Waals surface area contributed by atoms with E-state index in [1.165, 1.54) is 51.4 Å². The number of rotatable bonds is 3. The lowest BCUT2D eigenvalue weighted by atomic mass is 9.66. The van der Waals surface area contributed by atoms with Crippen molar-refractivity contribution in [2.75, 3.05) is 0 Å². The lowest BCUT2D eigenvalue weighted by Crippen LogP contribution is -2.31. The van der Waals surface area contributed by atoms with Gasteiger partial charge in [-0.1, -0.05) is 51.0 Å². The van der Waals surface area contributed by atoms with Crippen LogP contribution in [0.3, 0.4) is 0 Å². The second-order valence-corrected chi connectivity index (χ2v) is 7.17. The lowest BCUT2D eigenvalue weighted by Gasteiger charge is -2.39. The molecule has 104 valence electrons. The largest absolute Gasteiger partial charge is 0.0654 e. The Morgan fingerprint density at radius 3 is 2.74 bits per heavy atom. The summed E-state index contributed by atoms with van der Waals surface area (Å²) in [6.07, 6.45) is 11.3. The minimum absolute atomic E-state index is 0.645. The molecular weight excluding hydrogens is 228 g/mol. The molecule has 0 spiro atoms. The van der Waals surface area contributed by atoms with Crippen LogP contribution in [0.2, 0.25) is 0 Å². The fourth-order valence-corrected chi connectivity index (χ4v) is 5.02. The highest BCUT2D eigenvalue weighted by Gasteiger charge is 2.42. The van der Waals surface area contributed by atoms with Crippen LogP contribution < -0.4 is 0 Å². The van der Waals surface area contributed by atoms with E-state index in [-0.39, 0.29) is 0 Å². The first-order valence-electron chi connectivity index (χ1n) is 8.30. The van der Waals surface area contributed by atoms with Crippen molar-refractivity contribution in [2.45, 2.75) is 65.2 Å². The van der Waals surface area contributed by atoms with E-state index < -0.39 is 0 Å². The third-order valence-corrected chi connectivity index (χ3v) is 5.93. The Balaban J connectivity index is 1.77. The lowest BCUT2D eigenvalue weighted by molar-refractivity contribution is 0.131. The van der Waals surface area contributed by atoms with Crippen LogP contribution in [0.5, 0.6) is 0 Å². The molecule has 0 nitrogen and oxygen atoms in total. The third kappa shape index (κ3) is 2.47. The number of hydrogen-bond acceptors (Lipinski definition) is 0. The summed E-state index contributed by atoms with van der Waals surface area (Å²) in [5.41, 5.74) is 3.91. The van der Waals surface area contributed by atoms with Gasteiger partial charge in [0.2, 0.25) is 0 Å². The molecule has 0 heteroatoms. The van der Waals surface area contributed by atoms with Gasteiger partial charge < -0.3 is 0 Å². The third-order valence-electron chi connectivity index (χ3n) is 5.93. The summed E-state index contributed by atoms with van der Waals surface area (Å²) < 4.78 is 0.